The number of hydrazine groups is 1. The monoisotopic (exact) mass is 439 g/mol. The smallest absolute Gasteiger partial charge is 0.290 e. The summed E-state index contributed by atoms with van der Waals surface area (Å²) in [6.45, 7) is 7.68. The molecule has 2 aromatic rings. The van der Waals surface area contributed by atoms with Gasteiger partial charge in [0.15, 0.2) is 0 Å². The highest BCUT2D eigenvalue weighted by Gasteiger charge is 2.38. The first-order chi connectivity index (χ1) is 15.4. The summed E-state index contributed by atoms with van der Waals surface area (Å²) in [7, 11) is 0. The first-order valence-corrected chi connectivity index (χ1v) is 11.1. The topological polar surface area (TPSA) is 108 Å². The molecule has 3 heterocycles. The van der Waals surface area contributed by atoms with Gasteiger partial charge in [-0.1, -0.05) is 36.3 Å². The Kier molecular flexibility index (Phi) is 6.27. The second-order valence-corrected chi connectivity index (χ2v) is 8.38. The Morgan fingerprint density at radius 2 is 2.03 bits per heavy atom. The van der Waals surface area contributed by atoms with E-state index in [0.717, 1.165) is 24.1 Å². The number of aromatic nitrogens is 1. The first kappa shape index (κ1) is 22.0. The molecule has 4 rings (SSSR count). The Labute approximate surface area is 187 Å². The van der Waals surface area contributed by atoms with Crippen LogP contribution in [0.25, 0.3) is 0 Å². The highest BCUT2D eigenvalue weighted by Crippen LogP contribution is 2.30. The van der Waals surface area contributed by atoms with Gasteiger partial charge in [0.05, 0.1) is 11.6 Å². The van der Waals surface area contributed by atoms with Crippen LogP contribution in [-0.2, 0) is 16.1 Å². The summed E-state index contributed by atoms with van der Waals surface area (Å²) in [5, 5.41) is 13.3. The number of carbonyl (C=O) groups is 3. The number of rotatable bonds is 6. The van der Waals surface area contributed by atoms with E-state index in [2.05, 4.69) is 15.8 Å². The van der Waals surface area contributed by atoms with Crippen LogP contribution in [0.1, 0.15) is 58.7 Å². The minimum Gasteiger partial charge on any atom is -0.350 e. The lowest BCUT2D eigenvalue weighted by atomic mass is 9.98. The number of carbonyl (C=O) groups excluding carboxylic acids is 3. The maximum Gasteiger partial charge on any atom is 0.290 e. The molecule has 9 nitrogen and oxygen atoms in total. The average molecular weight is 440 g/mol. The summed E-state index contributed by atoms with van der Waals surface area (Å²) in [6, 6.07) is 7.00. The molecule has 32 heavy (non-hydrogen) atoms. The molecule has 0 aliphatic carbocycles. The summed E-state index contributed by atoms with van der Waals surface area (Å²) in [5.74, 6) is -1.12. The van der Waals surface area contributed by atoms with Crippen molar-refractivity contribution >= 4 is 17.7 Å². The number of amides is 3. The summed E-state index contributed by atoms with van der Waals surface area (Å²) in [6.07, 6.45) is 1.43. The van der Waals surface area contributed by atoms with Crippen molar-refractivity contribution in [3.05, 3.63) is 52.4 Å². The Balaban J connectivity index is 1.47. The third-order valence-electron chi connectivity index (χ3n) is 6.37. The van der Waals surface area contributed by atoms with Gasteiger partial charge in [0.2, 0.25) is 11.7 Å². The maximum atomic E-state index is 13.3. The van der Waals surface area contributed by atoms with Crippen molar-refractivity contribution in [1.29, 1.82) is 0 Å². The van der Waals surface area contributed by atoms with Gasteiger partial charge in [0, 0.05) is 31.7 Å². The normalized spacial score (nSPS) is 19.2. The fourth-order valence-corrected chi connectivity index (χ4v) is 4.26. The van der Waals surface area contributed by atoms with Crippen LogP contribution in [0.2, 0.25) is 0 Å². The number of fused-ring (bicyclic) bond motifs is 2. The van der Waals surface area contributed by atoms with Crippen LogP contribution >= 0.6 is 0 Å². The first-order valence-electron chi connectivity index (χ1n) is 11.1. The third kappa shape index (κ3) is 4.12. The van der Waals surface area contributed by atoms with Gasteiger partial charge in [-0.2, -0.15) is 0 Å². The molecule has 1 fully saturated rings. The second-order valence-electron chi connectivity index (χ2n) is 8.38. The van der Waals surface area contributed by atoms with Gasteiger partial charge in [-0.3, -0.25) is 19.4 Å². The van der Waals surface area contributed by atoms with E-state index in [1.165, 1.54) is 0 Å². The van der Waals surface area contributed by atoms with E-state index in [9.17, 15) is 14.4 Å². The Morgan fingerprint density at radius 1 is 1.25 bits per heavy atom. The average Bonchev–Trinajstić information content (AvgIpc) is 3.36. The lowest BCUT2D eigenvalue weighted by Crippen LogP contribution is -2.47. The molecule has 0 saturated carbocycles. The van der Waals surface area contributed by atoms with Crippen molar-refractivity contribution in [2.45, 2.75) is 46.2 Å². The Bertz CT molecular complexity index is 1030. The minimum absolute atomic E-state index is 0.118. The molecule has 0 unspecified atom stereocenters. The van der Waals surface area contributed by atoms with Crippen LogP contribution < -0.4 is 10.6 Å². The molecular formula is C23H29N5O4. The van der Waals surface area contributed by atoms with Crippen LogP contribution in [0.5, 0.6) is 0 Å². The second kappa shape index (κ2) is 9.12. The quantitative estimate of drug-likeness (QED) is 0.712. The fourth-order valence-electron chi connectivity index (χ4n) is 4.26. The highest BCUT2D eigenvalue weighted by atomic mass is 16.5. The SMILES string of the molecule is CC[C@H](CNC(=O)c1onc(C)c1C)C(=O)N[C@@H]1C(=O)N2CCCN2Cc2ccccc21. The number of hydrogen-bond donors (Lipinski definition) is 2. The predicted octanol–water partition coefficient (Wildman–Crippen LogP) is 1.87. The van der Waals surface area contributed by atoms with Gasteiger partial charge in [0.1, 0.15) is 6.04 Å². The number of hydrogen-bond acceptors (Lipinski definition) is 6. The van der Waals surface area contributed by atoms with Crippen LogP contribution in [0, 0.1) is 19.8 Å². The maximum absolute atomic E-state index is 13.3. The van der Waals surface area contributed by atoms with Crippen LogP contribution in [0.15, 0.2) is 28.8 Å². The number of nitrogens with zero attached hydrogens (tertiary/aromatic N) is 3. The lowest BCUT2D eigenvalue weighted by molar-refractivity contribution is -0.148. The molecule has 0 radical (unpaired) electrons. The van der Waals surface area contributed by atoms with Gasteiger partial charge in [-0.25, -0.2) is 5.01 Å². The van der Waals surface area contributed by atoms with Gasteiger partial charge in [0.25, 0.3) is 11.8 Å². The van der Waals surface area contributed by atoms with E-state index in [4.69, 9.17) is 4.52 Å². The van der Waals surface area contributed by atoms with Crippen molar-refractivity contribution in [2.75, 3.05) is 19.6 Å². The van der Waals surface area contributed by atoms with Gasteiger partial charge in [-0.05, 0) is 37.8 Å². The van der Waals surface area contributed by atoms with Crippen LogP contribution in [0.3, 0.4) is 0 Å². The highest BCUT2D eigenvalue weighted by molar-refractivity contribution is 5.94. The molecule has 9 heteroatoms. The standard InChI is InChI=1S/C23H29N5O4/c1-4-16(12-24-22(30)20-14(2)15(3)26-32-20)21(29)25-19-18-9-6-5-8-17(18)13-27-10-7-11-28(27)23(19)31/h5-6,8-9,16,19H,4,7,10-13H2,1-3H3,(H,24,30)(H,25,29)/t16-,19+/m1/s1. The summed E-state index contributed by atoms with van der Waals surface area (Å²) in [5.41, 5.74) is 3.19. The van der Waals surface area contributed by atoms with Gasteiger partial charge < -0.3 is 15.2 Å². The van der Waals surface area contributed by atoms with Crippen molar-refractivity contribution in [2.24, 2.45) is 5.92 Å². The Morgan fingerprint density at radius 3 is 2.75 bits per heavy atom. The van der Waals surface area contributed by atoms with Crippen molar-refractivity contribution in [1.82, 2.24) is 25.8 Å². The van der Waals surface area contributed by atoms with Crippen molar-refractivity contribution < 1.29 is 18.9 Å². The summed E-state index contributed by atoms with van der Waals surface area (Å²) < 4.78 is 5.09. The summed E-state index contributed by atoms with van der Waals surface area (Å²) in [4.78, 5) is 38.9. The zero-order valence-electron chi connectivity index (χ0n) is 18.7. The molecule has 0 spiro atoms. The lowest BCUT2D eigenvalue weighted by Gasteiger charge is -2.28. The minimum atomic E-state index is -0.745. The van der Waals surface area contributed by atoms with E-state index in [-0.39, 0.29) is 24.1 Å². The van der Waals surface area contributed by atoms with Crippen molar-refractivity contribution in [3.63, 3.8) is 0 Å². The molecule has 3 amide bonds. The van der Waals surface area contributed by atoms with Crippen LogP contribution in [-0.4, -0.2) is 52.5 Å². The van der Waals surface area contributed by atoms with Crippen molar-refractivity contribution in [3.8, 4) is 0 Å². The number of benzene rings is 1. The van der Waals surface area contributed by atoms with E-state index >= 15 is 0 Å². The molecular weight excluding hydrogens is 410 g/mol. The molecule has 0 bridgehead atoms. The van der Waals surface area contributed by atoms with E-state index < -0.39 is 17.9 Å². The van der Waals surface area contributed by atoms with Crippen LogP contribution in [0.4, 0.5) is 0 Å². The van der Waals surface area contributed by atoms with E-state index in [0.29, 0.717) is 30.8 Å². The Hall–Kier alpha value is -3.20. The predicted molar refractivity (Wildman–Crippen MR) is 116 cm³/mol. The third-order valence-corrected chi connectivity index (χ3v) is 6.37. The molecule has 1 aromatic carbocycles. The van der Waals surface area contributed by atoms with E-state index in [1.807, 2.05) is 36.2 Å². The molecule has 170 valence electrons. The molecule has 2 N–H and O–H groups in total. The largest absolute Gasteiger partial charge is 0.350 e. The molecule has 2 aliphatic heterocycles. The number of aryl methyl sites for hydroxylation is 1. The summed E-state index contributed by atoms with van der Waals surface area (Å²) >= 11 is 0. The zero-order chi connectivity index (χ0) is 22.8. The zero-order valence-corrected chi connectivity index (χ0v) is 18.7. The molecule has 1 saturated heterocycles. The number of nitrogens with one attached hydrogen (secondary N) is 2. The molecule has 2 atom stereocenters. The van der Waals surface area contributed by atoms with Gasteiger partial charge >= 0.3 is 0 Å². The fraction of sp³-hybridized carbons (Fsp3) is 0.478. The molecule has 1 aromatic heterocycles. The van der Waals surface area contributed by atoms with E-state index in [1.54, 1.807) is 18.9 Å². The molecule has 2 aliphatic rings. The van der Waals surface area contributed by atoms with Gasteiger partial charge in [-0.15, -0.1) is 0 Å².